The fraction of sp³-hybridized carbons (Fsp3) is 0.788. The third-order valence-corrected chi connectivity index (χ3v) is 12.5. The van der Waals surface area contributed by atoms with Crippen molar-refractivity contribution in [2.24, 2.45) is 11.6 Å². The minimum atomic E-state index is -1.49. The first kappa shape index (κ1) is 74.1. The van der Waals surface area contributed by atoms with E-state index in [1.54, 1.807) is 0 Å². The number of unbranched alkanes of at least 4 members (excludes halogenated alkanes) is 14. The number of aldehydes is 1. The van der Waals surface area contributed by atoms with Gasteiger partial charge in [0.05, 0.1) is 45.2 Å². The summed E-state index contributed by atoms with van der Waals surface area (Å²) in [6.07, 6.45) is 15.7. The molecule has 0 saturated carbocycles. The minimum absolute atomic E-state index is 0.00453. The Balaban J connectivity index is 3.99. The average molecular weight is 1150 g/mol. The second kappa shape index (κ2) is 49.0. The van der Waals surface area contributed by atoms with E-state index in [4.69, 9.17) is 35.6 Å². The van der Waals surface area contributed by atoms with E-state index in [9.17, 15) is 68.1 Å². The lowest BCUT2D eigenvalue weighted by atomic mass is 9.95. The van der Waals surface area contributed by atoms with Crippen LogP contribution >= 0.6 is 0 Å². The highest BCUT2D eigenvalue weighted by Crippen LogP contribution is 2.15. The van der Waals surface area contributed by atoms with Crippen molar-refractivity contribution in [1.29, 1.82) is 0 Å². The van der Waals surface area contributed by atoms with Crippen LogP contribution in [0.25, 0.3) is 0 Å². The maximum absolute atomic E-state index is 12.5. The predicted octanol–water partition coefficient (Wildman–Crippen LogP) is 0.306. The van der Waals surface area contributed by atoms with E-state index in [1.165, 1.54) is 32.1 Å². The summed E-state index contributed by atoms with van der Waals surface area (Å²) in [6.45, 7) is 0.187. The van der Waals surface area contributed by atoms with Crippen molar-refractivity contribution in [2.45, 2.75) is 184 Å². The van der Waals surface area contributed by atoms with E-state index in [-0.39, 0.29) is 123 Å². The Morgan fingerprint density at radius 2 is 0.775 bits per heavy atom. The quantitative estimate of drug-likeness (QED) is 0.0169. The van der Waals surface area contributed by atoms with E-state index in [0.717, 1.165) is 51.4 Å². The van der Waals surface area contributed by atoms with Crippen LogP contribution in [-0.2, 0) is 71.7 Å². The molecule has 28 nitrogen and oxygen atoms in total. The number of carbonyl (C=O) groups is 11. The zero-order valence-corrected chi connectivity index (χ0v) is 46.5. The molecule has 0 aliphatic rings. The molecule has 460 valence electrons. The zero-order valence-electron chi connectivity index (χ0n) is 46.5. The molecule has 0 rings (SSSR count). The molecule has 0 aromatic carbocycles. The molecule has 0 spiro atoms. The van der Waals surface area contributed by atoms with Gasteiger partial charge in [-0.3, -0.25) is 39.4 Å². The van der Waals surface area contributed by atoms with Crippen molar-refractivity contribution in [1.82, 2.24) is 37.3 Å². The number of ether oxygens (including phenoxy) is 4. The number of amides is 6. The fourth-order valence-electron chi connectivity index (χ4n) is 7.74. The zero-order chi connectivity index (χ0) is 59.7. The van der Waals surface area contributed by atoms with E-state index in [0.29, 0.717) is 32.0 Å². The summed E-state index contributed by atoms with van der Waals surface area (Å²) in [5.41, 5.74) is 6.90. The van der Waals surface area contributed by atoms with Gasteiger partial charge in [-0.15, -0.1) is 0 Å². The summed E-state index contributed by atoms with van der Waals surface area (Å²) in [5.74, 6) is -2.64. The number of carboxylic acids is 4. The Kier molecular flexibility index (Phi) is 45.3. The number of nitrogens with two attached hydrogens (primary N) is 2. The molecule has 28 heteroatoms. The first-order valence-corrected chi connectivity index (χ1v) is 27.9. The van der Waals surface area contributed by atoms with Gasteiger partial charge in [0.2, 0.25) is 35.4 Å². The third-order valence-electron chi connectivity index (χ3n) is 12.5. The average Bonchev–Trinajstić information content (AvgIpc) is 3.41. The number of carboxylic acid groups (broad SMARTS) is 4. The molecule has 0 aliphatic carbocycles. The summed E-state index contributed by atoms with van der Waals surface area (Å²) in [4.78, 5) is 131. The Morgan fingerprint density at radius 3 is 1.19 bits per heavy atom. The maximum atomic E-state index is 12.5. The Morgan fingerprint density at radius 1 is 0.412 bits per heavy atom. The smallest absolute Gasteiger partial charge is 0.326 e. The molecule has 0 radical (unpaired) electrons. The lowest BCUT2D eigenvalue weighted by Gasteiger charge is -2.25. The third kappa shape index (κ3) is 43.0. The highest BCUT2D eigenvalue weighted by atomic mass is 16.5. The number of hydrogen-bond donors (Lipinski definition) is 13. The molecule has 0 aliphatic heterocycles. The monoisotopic (exact) mass is 1150 g/mol. The highest BCUT2D eigenvalue weighted by molar-refractivity contribution is 5.87. The van der Waals surface area contributed by atoms with Crippen molar-refractivity contribution in [2.75, 3.05) is 79.0 Å². The number of aliphatic carboxylic acids is 4. The van der Waals surface area contributed by atoms with Crippen LogP contribution in [0.15, 0.2) is 0 Å². The van der Waals surface area contributed by atoms with Crippen LogP contribution in [0, 0.1) is 0 Å². The van der Waals surface area contributed by atoms with Gasteiger partial charge in [-0.25, -0.2) is 19.8 Å². The number of nitrogens with one attached hydrogen (secondary N) is 7. The van der Waals surface area contributed by atoms with Crippen LogP contribution in [0.4, 0.5) is 0 Å². The molecule has 0 bridgehead atoms. The standard InChI is InChI=1S/C52H93N9O19/c53-37-52(38-62,61-54)25-15-16-26-55-42(63)22-19-40(50(73)74)59-45(66)24-21-41(51(75)76)60-47(68)36-80-34-32-78-30-28-57-46(67)35-79-33-31-77-29-27-56-43(64)23-20-39(49(71)72)58-44(65)17-13-11-9-7-5-3-1-2-4-6-8-10-12-14-18-48(69)70/h38-41,61H,1-37,53-54H2,(H,55,63)(H,56,64)(H,57,67)(H,58,65)(H,59,66)(H,60,68)(H,69,70)(H,71,72)(H,73,74)(H,75,76)/t39-,40-,41-,52+/m0/s1. The first-order valence-electron chi connectivity index (χ1n) is 27.9. The molecule has 80 heavy (non-hydrogen) atoms. The lowest BCUT2D eigenvalue weighted by molar-refractivity contribution is -0.144. The van der Waals surface area contributed by atoms with Crippen LogP contribution in [0.1, 0.15) is 161 Å². The Bertz CT molecular complexity index is 1810. The van der Waals surface area contributed by atoms with Crippen LogP contribution in [0.5, 0.6) is 0 Å². The molecular formula is C52H93N9O19. The van der Waals surface area contributed by atoms with Crippen LogP contribution < -0.4 is 48.9 Å². The second-order valence-corrected chi connectivity index (χ2v) is 19.3. The lowest BCUT2D eigenvalue weighted by Crippen LogP contribution is -2.56. The first-order chi connectivity index (χ1) is 38.4. The molecule has 0 saturated heterocycles. The van der Waals surface area contributed by atoms with Gasteiger partial charge in [0.1, 0.15) is 37.6 Å². The molecule has 0 aromatic heterocycles. The second-order valence-electron chi connectivity index (χ2n) is 19.3. The number of rotatable bonds is 56. The van der Waals surface area contributed by atoms with E-state index >= 15 is 0 Å². The molecule has 0 fully saturated rings. The normalized spacial score (nSPS) is 12.9. The van der Waals surface area contributed by atoms with E-state index < -0.39 is 90.1 Å². The summed E-state index contributed by atoms with van der Waals surface area (Å²) in [5, 5.41) is 52.1. The van der Waals surface area contributed by atoms with Crippen LogP contribution in [0.2, 0.25) is 0 Å². The molecule has 15 N–H and O–H groups in total. The van der Waals surface area contributed by atoms with Crippen molar-refractivity contribution < 1.29 is 92.1 Å². The van der Waals surface area contributed by atoms with Gasteiger partial charge >= 0.3 is 23.9 Å². The van der Waals surface area contributed by atoms with E-state index in [1.807, 2.05) is 0 Å². The molecule has 0 aromatic rings. The maximum Gasteiger partial charge on any atom is 0.326 e. The summed E-state index contributed by atoms with van der Waals surface area (Å²) >= 11 is 0. The molecule has 0 unspecified atom stereocenters. The minimum Gasteiger partial charge on any atom is -0.481 e. The number of hydrazine groups is 1. The van der Waals surface area contributed by atoms with Gasteiger partial charge in [0.25, 0.3) is 0 Å². The van der Waals surface area contributed by atoms with Crippen molar-refractivity contribution in [3.63, 3.8) is 0 Å². The fourth-order valence-corrected chi connectivity index (χ4v) is 7.74. The topological polar surface area (TPSA) is 442 Å². The molecule has 4 atom stereocenters. The summed E-state index contributed by atoms with van der Waals surface area (Å²) < 4.78 is 21.2. The van der Waals surface area contributed by atoms with Gasteiger partial charge in [-0.2, -0.15) is 0 Å². The Labute approximate surface area is 468 Å². The number of carbonyl (C=O) groups excluding carboxylic acids is 7. The van der Waals surface area contributed by atoms with Crippen molar-refractivity contribution in [3.8, 4) is 0 Å². The van der Waals surface area contributed by atoms with Crippen LogP contribution in [-0.4, -0.2) is 189 Å². The van der Waals surface area contributed by atoms with Gasteiger partial charge in [-0.1, -0.05) is 77.0 Å². The van der Waals surface area contributed by atoms with Gasteiger partial charge in [0, 0.05) is 58.3 Å². The van der Waals surface area contributed by atoms with Crippen LogP contribution in [0.3, 0.4) is 0 Å². The summed E-state index contributed by atoms with van der Waals surface area (Å²) in [7, 11) is 0. The van der Waals surface area contributed by atoms with Gasteiger partial charge in [-0.05, 0) is 51.4 Å². The molecular weight excluding hydrogens is 1050 g/mol. The van der Waals surface area contributed by atoms with Gasteiger partial charge in [0.15, 0.2) is 0 Å². The van der Waals surface area contributed by atoms with Crippen molar-refractivity contribution in [3.05, 3.63) is 0 Å². The van der Waals surface area contributed by atoms with E-state index in [2.05, 4.69) is 37.3 Å². The largest absolute Gasteiger partial charge is 0.481 e. The Hall–Kier alpha value is -5.91. The van der Waals surface area contributed by atoms with Crippen molar-refractivity contribution >= 4 is 65.6 Å². The highest BCUT2D eigenvalue weighted by Gasteiger charge is 2.27. The molecule has 6 amide bonds. The number of hydrogen-bond acceptors (Lipinski definition) is 18. The molecule has 0 heterocycles. The SMILES string of the molecule is NC[C@@](C=O)(CCCCNC(=O)CC[C@H](NC(=O)CC[C@H](NC(=O)COCCOCCNC(=O)COCCOCCNC(=O)CC[C@H](NC(=O)CCCCCCCCCCCCCCCCC(=O)O)C(=O)O)C(=O)O)C(=O)O)NN. The summed E-state index contributed by atoms with van der Waals surface area (Å²) in [6, 6.07) is -4.11. The van der Waals surface area contributed by atoms with Gasteiger partial charge < -0.3 is 81.8 Å². The predicted molar refractivity (Wildman–Crippen MR) is 289 cm³/mol.